The molecule has 6 aromatic rings. The average molecular weight is 683 g/mol. The van der Waals surface area contributed by atoms with Crippen molar-refractivity contribution < 1.29 is 9.31 Å². The Labute approximate surface area is 306 Å². The van der Waals surface area contributed by atoms with E-state index in [4.69, 9.17) is 9.31 Å². The van der Waals surface area contributed by atoms with E-state index in [-0.39, 0.29) is 18.3 Å². The number of hydrogen-bond donors (Lipinski definition) is 0. The minimum absolute atomic E-state index is 0.367. The average Bonchev–Trinajstić information content (AvgIpc) is 3.69. The van der Waals surface area contributed by atoms with E-state index >= 15 is 0 Å². The highest BCUT2D eigenvalue weighted by atomic mass is 16.7. The zero-order valence-electron chi connectivity index (χ0n) is 32.2. The molecular weight excluding hydrogens is 623 g/mol. The summed E-state index contributed by atoms with van der Waals surface area (Å²) in [6.45, 7) is 15.2. The Morgan fingerprint density at radius 2 is 0.902 bits per heavy atom. The van der Waals surface area contributed by atoms with E-state index in [1.165, 1.54) is 132 Å². The first-order valence-electron chi connectivity index (χ1n) is 20.2. The number of unbranched alkanes of at least 4 members (excludes halogenated alkanes) is 10. The largest absolute Gasteiger partial charge is 0.494 e. The van der Waals surface area contributed by atoms with Crippen molar-refractivity contribution in [3.63, 3.8) is 0 Å². The van der Waals surface area contributed by atoms with Crippen LogP contribution >= 0.6 is 0 Å². The van der Waals surface area contributed by atoms with Gasteiger partial charge in [0.1, 0.15) is 0 Å². The van der Waals surface area contributed by atoms with Crippen LogP contribution in [-0.2, 0) is 22.4 Å². The van der Waals surface area contributed by atoms with E-state index in [0.717, 1.165) is 18.6 Å². The third-order valence-electron chi connectivity index (χ3n) is 12.0. The summed E-state index contributed by atoms with van der Waals surface area (Å²) in [5, 5.41) is 5.34. The lowest BCUT2D eigenvalue weighted by Gasteiger charge is -2.32. The molecule has 0 amide bonds. The molecule has 4 nitrogen and oxygen atoms in total. The Kier molecular flexibility index (Phi) is 10.7. The molecule has 0 saturated carbocycles. The van der Waals surface area contributed by atoms with Crippen molar-refractivity contribution in [2.24, 2.45) is 0 Å². The lowest BCUT2D eigenvalue weighted by atomic mass is 9.79. The zero-order chi connectivity index (χ0) is 35.6. The minimum Gasteiger partial charge on any atom is -0.399 e. The highest BCUT2D eigenvalue weighted by Crippen LogP contribution is 2.39. The van der Waals surface area contributed by atoms with Crippen LogP contribution in [-0.4, -0.2) is 27.5 Å². The second kappa shape index (κ2) is 15.2. The van der Waals surface area contributed by atoms with Gasteiger partial charge in [-0.2, -0.15) is 0 Å². The number of hydrogen-bond acceptors (Lipinski definition) is 2. The van der Waals surface area contributed by atoms with Gasteiger partial charge < -0.3 is 18.4 Å². The van der Waals surface area contributed by atoms with E-state index < -0.39 is 0 Å². The molecule has 2 aromatic heterocycles. The Morgan fingerprint density at radius 1 is 0.471 bits per heavy atom. The Bertz CT molecular complexity index is 2100. The summed E-state index contributed by atoms with van der Waals surface area (Å²) in [6, 6.07) is 30.1. The molecule has 4 aromatic carbocycles. The molecule has 0 unspecified atom stereocenters. The number of para-hydroxylation sites is 1. The molecular formula is C46H59BN2O2. The van der Waals surface area contributed by atoms with E-state index in [1.54, 1.807) is 0 Å². The maximum Gasteiger partial charge on any atom is 0.494 e. The van der Waals surface area contributed by atoms with Gasteiger partial charge in [-0.05, 0) is 81.4 Å². The summed E-state index contributed by atoms with van der Waals surface area (Å²) >= 11 is 0. The molecule has 1 aliphatic rings. The minimum atomic E-state index is -0.370. The van der Waals surface area contributed by atoms with Crippen molar-refractivity contribution in [1.29, 1.82) is 0 Å². The van der Waals surface area contributed by atoms with Gasteiger partial charge in [0.15, 0.2) is 0 Å². The van der Waals surface area contributed by atoms with Crippen molar-refractivity contribution in [2.45, 2.75) is 143 Å². The molecule has 1 saturated heterocycles. The molecule has 0 bridgehead atoms. The molecule has 5 heteroatoms. The van der Waals surface area contributed by atoms with Crippen molar-refractivity contribution in [3.05, 3.63) is 78.9 Å². The number of benzene rings is 4. The fourth-order valence-electron chi connectivity index (χ4n) is 8.23. The molecule has 1 fully saturated rings. The zero-order valence-corrected chi connectivity index (χ0v) is 32.2. The Hall–Kier alpha value is -3.54. The molecule has 7 rings (SSSR count). The lowest BCUT2D eigenvalue weighted by Crippen LogP contribution is -2.41. The molecule has 0 atom stereocenters. The predicted molar refractivity (Wildman–Crippen MR) is 220 cm³/mol. The maximum absolute atomic E-state index is 6.51. The van der Waals surface area contributed by atoms with E-state index in [1.807, 2.05) is 0 Å². The van der Waals surface area contributed by atoms with Crippen molar-refractivity contribution in [2.75, 3.05) is 0 Å². The summed E-state index contributed by atoms with van der Waals surface area (Å²) < 4.78 is 18.2. The topological polar surface area (TPSA) is 28.3 Å². The van der Waals surface area contributed by atoms with Crippen LogP contribution in [0.5, 0.6) is 0 Å². The maximum atomic E-state index is 6.51. The first kappa shape index (κ1) is 35.8. The normalized spacial score (nSPS) is 15.7. The number of aryl methyl sites for hydroxylation is 2. The fourth-order valence-corrected chi connectivity index (χ4v) is 8.23. The van der Waals surface area contributed by atoms with Gasteiger partial charge in [-0.1, -0.05) is 133 Å². The third-order valence-corrected chi connectivity index (χ3v) is 12.0. The van der Waals surface area contributed by atoms with Gasteiger partial charge in [-0.25, -0.2) is 0 Å². The van der Waals surface area contributed by atoms with Gasteiger partial charge in [0.25, 0.3) is 0 Å². The first-order chi connectivity index (χ1) is 24.7. The molecule has 0 aliphatic carbocycles. The van der Waals surface area contributed by atoms with Crippen LogP contribution in [0.15, 0.2) is 78.9 Å². The van der Waals surface area contributed by atoms with Crippen molar-refractivity contribution >= 4 is 56.2 Å². The molecule has 0 spiro atoms. The smallest absolute Gasteiger partial charge is 0.399 e. The van der Waals surface area contributed by atoms with Crippen LogP contribution in [0.1, 0.15) is 119 Å². The Balaban J connectivity index is 1.26. The third kappa shape index (κ3) is 7.14. The molecule has 51 heavy (non-hydrogen) atoms. The van der Waals surface area contributed by atoms with Crippen LogP contribution in [0, 0.1) is 0 Å². The van der Waals surface area contributed by atoms with Crippen LogP contribution < -0.4 is 5.46 Å². The highest BCUT2D eigenvalue weighted by molar-refractivity contribution is 6.62. The van der Waals surface area contributed by atoms with E-state index in [9.17, 15) is 0 Å². The molecule has 0 N–H and O–H groups in total. The van der Waals surface area contributed by atoms with Gasteiger partial charge in [0, 0.05) is 56.7 Å². The Morgan fingerprint density at radius 3 is 1.45 bits per heavy atom. The summed E-state index contributed by atoms with van der Waals surface area (Å²) in [4.78, 5) is 0. The summed E-state index contributed by atoms with van der Waals surface area (Å²) in [6.07, 6.45) is 15.5. The van der Waals surface area contributed by atoms with Crippen LogP contribution in [0.3, 0.4) is 0 Å². The summed E-state index contributed by atoms with van der Waals surface area (Å²) in [5.74, 6) is 0. The number of aromatic nitrogens is 2. The first-order valence-corrected chi connectivity index (χ1v) is 20.2. The number of nitrogens with zero attached hydrogens (tertiary/aromatic N) is 2. The van der Waals surface area contributed by atoms with Gasteiger partial charge in [0.2, 0.25) is 0 Å². The van der Waals surface area contributed by atoms with Gasteiger partial charge in [-0.3, -0.25) is 0 Å². The monoisotopic (exact) mass is 682 g/mol. The molecule has 1 aliphatic heterocycles. The van der Waals surface area contributed by atoms with Crippen LogP contribution in [0.25, 0.3) is 54.7 Å². The SMILES string of the molecule is CCCCCCCCn1c2ccccc2c2ccc(-c3ccc4c5ccc(B6OC(C)(C)C(C)(C)O6)cc5n(CCCCCCCC)c4c3)cc21. The molecule has 3 heterocycles. The van der Waals surface area contributed by atoms with E-state index in [0.29, 0.717) is 0 Å². The predicted octanol–water partition coefficient (Wildman–Crippen LogP) is 12.6. The highest BCUT2D eigenvalue weighted by Gasteiger charge is 2.51. The van der Waals surface area contributed by atoms with Gasteiger partial charge in [0.05, 0.1) is 11.2 Å². The molecule has 268 valence electrons. The fraction of sp³-hybridized carbons (Fsp3) is 0.478. The van der Waals surface area contributed by atoms with Gasteiger partial charge >= 0.3 is 7.12 Å². The lowest BCUT2D eigenvalue weighted by molar-refractivity contribution is 0.00578. The standard InChI is InChI=1S/C46H59BN2O2/c1-7-9-11-13-15-19-29-48-41-22-18-17-21-37(41)38-26-23-34(31-42(38)48)35-24-27-39-40-28-25-36(47-50-45(3,4)46(5,6)51-47)33-44(40)49(43(39)32-35)30-20-16-14-12-10-8-2/h17-18,21-28,31-33H,7-16,19-20,29-30H2,1-6H3. The van der Waals surface area contributed by atoms with Gasteiger partial charge in [-0.15, -0.1) is 0 Å². The van der Waals surface area contributed by atoms with Crippen LogP contribution in [0.2, 0.25) is 0 Å². The second-order valence-corrected chi connectivity index (χ2v) is 16.2. The summed E-state index contributed by atoms with van der Waals surface area (Å²) in [7, 11) is -0.370. The van der Waals surface area contributed by atoms with E-state index in [2.05, 4.69) is 130 Å². The summed E-state index contributed by atoms with van der Waals surface area (Å²) in [5.41, 5.74) is 8.21. The van der Waals surface area contributed by atoms with Crippen molar-refractivity contribution in [3.8, 4) is 11.1 Å². The van der Waals surface area contributed by atoms with Crippen molar-refractivity contribution in [1.82, 2.24) is 9.13 Å². The van der Waals surface area contributed by atoms with Crippen LogP contribution in [0.4, 0.5) is 0 Å². The molecule has 0 radical (unpaired) electrons. The number of rotatable bonds is 16. The quantitative estimate of drug-likeness (QED) is 0.0751. The number of fused-ring (bicyclic) bond motifs is 6. The second-order valence-electron chi connectivity index (χ2n) is 16.2.